The van der Waals surface area contributed by atoms with E-state index in [2.05, 4.69) is 9.62 Å². The van der Waals surface area contributed by atoms with E-state index >= 15 is 0 Å². The van der Waals surface area contributed by atoms with Crippen molar-refractivity contribution >= 4 is 15.7 Å². The molecule has 0 saturated carbocycles. The molecule has 0 aromatic heterocycles. The van der Waals surface area contributed by atoms with Gasteiger partial charge in [0.1, 0.15) is 16.5 Å². The molecule has 1 heterocycles. The molecule has 27 heavy (non-hydrogen) atoms. The number of hydrogen-bond acceptors (Lipinski definition) is 4. The lowest BCUT2D eigenvalue weighted by Crippen LogP contribution is -2.47. The summed E-state index contributed by atoms with van der Waals surface area (Å²) in [6.07, 6.45) is 0.618. The Labute approximate surface area is 158 Å². The first-order chi connectivity index (χ1) is 13.0. The van der Waals surface area contributed by atoms with Gasteiger partial charge in [0, 0.05) is 32.7 Å². The number of sulfonamides is 1. The predicted octanol–water partition coefficient (Wildman–Crippen LogP) is 2.46. The Kier molecular flexibility index (Phi) is 6.41. The third-order valence-electron chi connectivity index (χ3n) is 4.63. The Hall–Kier alpha value is -2.03. The summed E-state index contributed by atoms with van der Waals surface area (Å²) < 4.78 is 54.2. The molecular formula is C19H23F2N3O2S. The molecule has 2 aromatic rings. The van der Waals surface area contributed by atoms with E-state index in [1.165, 1.54) is 24.3 Å². The molecule has 0 aliphatic carbocycles. The fraction of sp³-hybridized carbons (Fsp3) is 0.368. The van der Waals surface area contributed by atoms with Gasteiger partial charge in [-0.25, -0.2) is 21.9 Å². The van der Waals surface area contributed by atoms with Crippen LogP contribution < -0.4 is 9.62 Å². The lowest BCUT2D eigenvalue weighted by molar-refractivity contribution is 0.255. The molecule has 8 heteroatoms. The van der Waals surface area contributed by atoms with Crippen molar-refractivity contribution in [1.82, 2.24) is 9.62 Å². The molecule has 0 radical (unpaired) electrons. The van der Waals surface area contributed by atoms with E-state index < -0.39 is 15.8 Å². The number of nitrogens with one attached hydrogen (secondary N) is 1. The van der Waals surface area contributed by atoms with Crippen LogP contribution in [0.4, 0.5) is 14.5 Å². The van der Waals surface area contributed by atoms with E-state index in [1.807, 2.05) is 11.0 Å². The van der Waals surface area contributed by atoms with Crippen molar-refractivity contribution in [2.45, 2.75) is 11.3 Å². The second-order valence-electron chi connectivity index (χ2n) is 6.46. The second-order valence-corrected chi connectivity index (χ2v) is 8.20. The number of nitrogens with zero attached hydrogens (tertiary/aromatic N) is 2. The maximum Gasteiger partial charge on any atom is 0.243 e. The number of anilines is 1. The van der Waals surface area contributed by atoms with Crippen molar-refractivity contribution in [3.05, 3.63) is 60.2 Å². The highest BCUT2D eigenvalue weighted by Gasteiger charge is 2.20. The van der Waals surface area contributed by atoms with Crippen molar-refractivity contribution in [3.63, 3.8) is 0 Å². The first-order valence-corrected chi connectivity index (χ1v) is 10.4. The Morgan fingerprint density at radius 2 is 1.52 bits per heavy atom. The molecule has 146 valence electrons. The van der Waals surface area contributed by atoms with E-state index in [0.717, 1.165) is 38.8 Å². The molecule has 0 bridgehead atoms. The molecule has 0 atom stereocenters. The van der Waals surface area contributed by atoms with Crippen LogP contribution in [0, 0.1) is 11.6 Å². The zero-order valence-corrected chi connectivity index (χ0v) is 15.8. The third-order valence-corrected chi connectivity index (χ3v) is 6.13. The maximum absolute atomic E-state index is 13.9. The molecule has 1 fully saturated rings. The highest BCUT2D eigenvalue weighted by Crippen LogP contribution is 2.20. The zero-order valence-electron chi connectivity index (χ0n) is 14.9. The molecule has 1 aliphatic rings. The van der Waals surface area contributed by atoms with Crippen molar-refractivity contribution in [3.8, 4) is 0 Å². The smallest absolute Gasteiger partial charge is 0.243 e. The minimum Gasteiger partial charge on any atom is -0.367 e. The third kappa shape index (κ3) is 5.03. The minimum atomic E-state index is -3.84. The van der Waals surface area contributed by atoms with Crippen LogP contribution in [0.2, 0.25) is 0 Å². The van der Waals surface area contributed by atoms with Gasteiger partial charge in [0.05, 0.1) is 5.69 Å². The van der Waals surface area contributed by atoms with Crippen molar-refractivity contribution in [1.29, 1.82) is 0 Å². The lowest BCUT2D eigenvalue weighted by atomic mass is 10.2. The quantitative estimate of drug-likeness (QED) is 0.732. The van der Waals surface area contributed by atoms with E-state index in [1.54, 1.807) is 12.1 Å². The summed E-state index contributed by atoms with van der Waals surface area (Å²) in [5.74, 6) is -0.970. The van der Waals surface area contributed by atoms with Gasteiger partial charge in [0.2, 0.25) is 10.0 Å². The summed E-state index contributed by atoms with van der Waals surface area (Å²) in [4.78, 5) is 3.91. The molecule has 3 rings (SSSR count). The zero-order chi connectivity index (χ0) is 19.3. The predicted molar refractivity (Wildman–Crippen MR) is 101 cm³/mol. The SMILES string of the molecule is O=S(=O)(NCCCN1CCN(c2ccccc2F)CC1)c1ccccc1F. The lowest BCUT2D eigenvalue weighted by Gasteiger charge is -2.36. The molecular weight excluding hydrogens is 372 g/mol. The molecule has 2 aromatic carbocycles. The minimum absolute atomic E-state index is 0.214. The maximum atomic E-state index is 13.9. The van der Waals surface area contributed by atoms with Gasteiger partial charge < -0.3 is 4.90 Å². The van der Waals surface area contributed by atoms with Crippen molar-refractivity contribution < 1.29 is 17.2 Å². The Balaban J connectivity index is 1.42. The van der Waals surface area contributed by atoms with Gasteiger partial charge in [-0.3, -0.25) is 4.90 Å². The second kappa shape index (κ2) is 8.77. The summed E-state index contributed by atoms with van der Waals surface area (Å²) >= 11 is 0. The molecule has 0 unspecified atom stereocenters. The van der Waals surface area contributed by atoms with Gasteiger partial charge in [-0.05, 0) is 37.2 Å². The number of hydrogen-bond donors (Lipinski definition) is 1. The Bertz CT molecular complexity index is 869. The molecule has 1 aliphatic heterocycles. The summed E-state index contributed by atoms with van der Waals surface area (Å²) in [6.45, 7) is 3.99. The largest absolute Gasteiger partial charge is 0.367 e. The molecule has 1 saturated heterocycles. The van der Waals surface area contributed by atoms with E-state index in [9.17, 15) is 17.2 Å². The Morgan fingerprint density at radius 3 is 2.19 bits per heavy atom. The summed E-state index contributed by atoms with van der Waals surface area (Å²) in [5, 5.41) is 0. The van der Waals surface area contributed by atoms with E-state index in [4.69, 9.17) is 0 Å². The first-order valence-electron chi connectivity index (χ1n) is 8.93. The fourth-order valence-corrected chi connectivity index (χ4v) is 4.32. The number of piperazine rings is 1. The first kappa shape index (κ1) is 19.7. The van der Waals surface area contributed by atoms with Crippen LogP contribution in [0.3, 0.4) is 0 Å². The van der Waals surface area contributed by atoms with Crippen LogP contribution in [0.5, 0.6) is 0 Å². The molecule has 0 amide bonds. The van der Waals surface area contributed by atoms with E-state index in [-0.39, 0.29) is 17.3 Å². The summed E-state index contributed by atoms with van der Waals surface area (Å²) in [6, 6.07) is 12.1. The van der Waals surface area contributed by atoms with Crippen LogP contribution >= 0.6 is 0 Å². The average Bonchev–Trinajstić information content (AvgIpc) is 2.66. The van der Waals surface area contributed by atoms with Gasteiger partial charge >= 0.3 is 0 Å². The van der Waals surface area contributed by atoms with E-state index in [0.29, 0.717) is 12.1 Å². The highest BCUT2D eigenvalue weighted by molar-refractivity contribution is 7.89. The highest BCUT2D eigenvalue weighted by atomic mass is 32.2. The normalized spacial score (nSPS) is 15.9. The van der Waals surface area contributed by atoms with Crippen molar-refractivity contribution in [2.24, 2.45) is 0 Å². The van der Waals surface area contributed by atoms with Crippen LogP contribution in [0.15, 0.2) is 53.4 Å². The fourth-order valence-electron chi connectivity index (χ4n) is 3.17. The van der Waals surface area contributed by atoms with Crippen LogP contribution in [-0.2, 0) is 10.0 Å². The molecule has 1 N–H and O–H groups in total. The van der Waals surface area contributed by atoms with Gasteiger partial charge in [-0.1, -0.05) is 24.3 Å². The molecule has 0 spiro atoms. The van der Waals surface area contributed by atoms with Gasteiger partial charge in [-0.15, -0.1) is 0 Å². The number of benzene rings is 2. The average molecular weight is 395 g/mol. The van der Waals surface area contributed by atoms with Crippen LogP contribution in [-0.4, -0.2) is 52.6 Å². The number of para-hydroxylation sites is 1. The number of halogens is 2. The van der Waals surface area contributed by atoms with Crippen LogP contribution in [0.25, 0.3) is 0 Å². The van der Waals surface area contributed by atoms with Gasteiger partial charge in [-0.2, -0.15) is 0 Å². The van der Waals surface area contributed by atoms with Gasteiger partial charge in [0.25, 0.3) is 0 Å². The monoisotopic (exact) mass is 395 g/mol. The standard InChI is InChI=1S/C19H23F2N3O2S/c20-16-6-1-3-8-18(16)24-14-12-23(13-15-24)11-5-10-22-27(25,26)19-9-4-2-7-17(19)21/h1-4,6-9,22H,5,10-15H2. The van der Waals surface area contributed by atoms with Crippen molar-refractivity contribution in [2.75, 3.05) is 44.2 Å². The topological polar surface area (TPSA) is 52.7 Å². The number of rotatable bonds is 7. The summed E-state index contributed by atoms with van der Waals surface area (Å²) in [7, 11) is -3.84. The summed E-state index contributed by atoms with van der Waals surface area (Å²) in [5.41, 5.74) is 0.620. The molecule has 5 nitrogen and oxygen atoms in total. The van der Waals surface area contributed by atoms with Crippen LogP contribution in [0.1, 0.15) is 6.42 Å². The Morgan fingerprint density at radius 1 is 0.889 bits per heavy atom. The van der Waals surface area contributed by atoms with Gasteiger partial charge in [0.15, 0.2) is 0 Å².